The normalized spacial score (nSPS) is 10.7. The van der Waals surface area contributed by atoms with Crippen molar-refractivity contribution in [3.8, 4) is 0 Å². The number of pyridine rings is 1. The van der Waals surface area contributed by atoms with Crippen molar-refractivity contribution in [1.82, 2.24) is 19.9 Å². The predicted octanol–water partition coefficient (Wildman–Crippen LogP) is 1.31. The Kier molecular flexibility index (Phi) is 3.58. The molecule has 0 spiro atoms. The summed E-state index contributed by atoms with van der Waals surface area (Å²) in [5.74, 6) is 1.04. The van der Waals surface area contributed by atoms with E-state index in [2.05, 4.69) is 15.3 Å². The van der Waals surface area contributed by atoms with E-state index in [1.54, 1.807) is 13.2 Å². The summed E-state index contributed by atoms with van der Waals surface area (Å²) < 4.78 is 1.89. The van der Waals surface area contributed by atoms with Gasteiger partial charge in [0.1, 0.15) is 11.3 Å². The lowest BCUT2D eigenvalue weighted by molar-refractivity contribution is -0.120. The largest absolute Gasteiger partial charge is 0.359 e. The zero-order chi connectivity index (χ0) is 12.3. The molecule has 0 aliphatic heterocycles. The van der Waals surface area contributed by atoms with Gasteiger partial charge in [0.25, 0.3) is 0 Å². The lowest BCUT2D eigenvalue weighted by Gasteiger charge is -2.05. The van der Waals surface area contributed by atoms with Crippen LogP contribution in [0.25, 0.3) is 11.2 Å². The van der Waals surface area contributed by atoms with Gasteiger partial charge in [0.15, 0.2) is 5.65 Å². The van der Waals surface area contributed by atoms with Crippen LogP contribution in [0, 0.1) is 0 Å². The van der Waals surface area contributed by atoms with Crippen LogP contribution in [0.5, 0.6) is 0 Å². The lowest BCUT2D eigenvalue weighted by atomic mass is 10.4. The summed E-state index contributed by atoms with van der Waals surface area (Å²) in [7, 11) is 1.62. The molecule has 17 heavy (non-hydrogen) atoms. The highest BCUT2D eigenvalue weighted by atomic mass is 35.5. The van der Waals surface area contributed by atoms with Crippen molar-refractivity contribution < 1.29 is 4.79 Å². The SMILES string of the molecule is CNC(=O)CCn1c(CCl)nc2cccnc21. The van der Waals surface area contributed by atoms with Crippen LogP contribution in [0.3, 0.4) is 0 Å². The van der Waals surface area contributed by atoms with E-state index >= 15 is 0 Å². The number of halogens is 1. The van der Waals surface area contributed by atoms with Crippen molar-refractivity contribution in [2.24, 2.45) is 0 Å². The van der Waals surface area contributed by atoms with Crippen LogP contribution >= 0.6 is 11.6 Å². The number of hydrogen-bond donors (Lipinski definition) is 1. The van der Waals surface area contributed by atoms with Gasteiger partial charge in [-0.1, -0.05) is 0 Å². The molecule has 0 unspecified atom stereocenters. The van der Waals surface area contributed by atoms with Crippen molar-refractivity contribution >= 4 is 28.7 Å². The highest BCUT2D eigenvalue weighted by Crippen LogP contribution is 2.15. The van der Waals surface area contributed by atoms with Crippen LogP contribution in [0.2, 0.25) is 0 Å². The van der Waals surface area contributed by atoms with Gasteiger partial charge in [-0.25, -0.2) is 9.97 Å². The van der Waals surface area contributed by atoms with Gasteiger partial charge in [-0.2, -0.15) is 0 Å². The van der Waals surface area contributed by atoms with Gasteiger partial charge in [-0.3, -0.25) is 4.79 Å². The van der Waals surface area contributed by atoms with Gasteiger partial charge in [0.05, 0.1) is 5.88 Å². The average Bonchev–Trinajstić information content (AvgIpc) is 2.73. The number of amides is 1. The molecule has 2 aromatic heterocycles. The summed E-state index contributed by atoms with van der Waals surface area (Å²) in [6, 6.07) is 3.71. The Bertz CT molecular complexity index is 537. The summed E-state index contributed by atoms with van der Waals surface area (Å²) >= 11 is 5.84. The molecule has 1 N–H and O–H groups in total. The van der Waals surface area contributed by atoms with Gasteiger partial charge in [0, 0.05) is 26.2 Å². The van der Waals surface area contributed by atoms with Gasteiger partial charge in [0.2, 0.25) is 5.91 Å². The van der Waals surface area contributed by atoms with Crippen molar-refractivity contribution in [3.05, 3.63) is 24.2 Å². The summed E-state index contributed by atoms with van der Waals surface area (Å²) in [6.07, 6.45) is 2.10. The van der Waals surface area contributed by atoms with Crippen molar-refractivity contribution in [3.63, 3.8) is 0 Å². The van der Waals surface area contributed by atoms with Crippen LogP contribution in [0.15, 0.2) is 18.3 Å². The zero-order valence-corrected chi connectivity index (χ0v) is 10.2. The molecule has 0 bridgehead atoms. The number of nitrogens with one attached hydrogen (secondary N) is 1. The maximum absolute atomic E-state index is 11.2. The summed E-state index contributed by atoms with van der Waals surface area (Å²) in [6.45, 7) is 0.537. The lowest BCUT2D eigenvalue weighted by Crippen LogP contribution is -2.20. The molecule has 0 atom stereocenters. The van der Waals surface area contributed by atoms with Crippen LogP contribution in [0.1, 0.15) is 12.2 Å². The number of aromatic nitrogens is 3. The Morgan fingerprint density at radius 2 is 2.41 bits per heavy atom. The van der Waals surface area contributed by atoms with Gasteiger partial charge in [-0.05, 0) is 12.1 Å². The molecule has 0 aliphatic rings. The number of rotatable bonds is 4. The smallest absolute Gasteiger partial charge is 0.221 e. The highest BCUT2D eigenvalue weighted by molar-refractivity contribution is 6.16. The van der Waals surface area contributed by atoms with E-state index in [1.807, 2.05) is 16.7 Å². The Labute approximate surface area is 104 Å². The summed E-state index contributed by atoms with van der Waals surface area (Å²) in [5.41, 5.74) is 1.58. The third-order valence-corrected chi connectivity index (χ3v) is 2.78. The number of carbonyl (C=O) groups is 1. The maximum Gasteiger partial charge on any atom is 0.221 e. The van der Waals surface area contributed by atoms with E-state index < -0.39 is 0 Å². The van der Waals surface area contributed by atoms with Crippen LogP contribution in [-0.2, 0) is 17.2 Å². The fourth-order valence-electron chi connectivity index (χ4n) is 1.68. The zero-order valence-electron chi connectivity index (χ0n) is 9.48. The van der Waals surface area contributed by atoms with E-state index in [-0.39, 0.29) is 5.91 Å². The minimum atomic E-state index is -0.0108. The Morgan fingerprint density at radius 1 is 1.59 bits per heavy atom. The number of carbonyl (C=O) groups excluding carboxylic acids is 1. The van der Waals surface area contributed by atoms with Gasteiger partial charge < -0.3 is 9.88 Å². The monoisotopic (exact) mass is 252 g/mol. The molecule has 5 nitrogen and oxygen atoms in total. The standard InChI is InChI=1S/C11H13ClN4O/c1-13-10(17)4-6-16-9(7-12)15-8-3-2-5-14-11(8)16/h2-3,5H,4,6-7H2,1H3,(H,13,17). The molecule has 2 aromatic rings. The summed E-state index contributed by atoms with van der Waals surface area (Å²) in [5, 5.41) is 2.59. The maximum atomic E-state index is 11.2. The van der Waals surface area contributed by atoms with Gasteiger partial charge >= 0.3 is 0 Å². The van der Waals surface area contributed by atoms with Crippen LogP contribution in [-0.4, -0.2) is 27.5 Å². The highest BCUT2D eigenvalue weighted by Gasteiger charge is 2.11. The molecular weight excluding hydrogens is 240 g/mol. The summed E-state index contributed by atoms with van der Waals surface area (Å²) in [4.78, 5) is 19.9. The van der Waals surface area contributed by atoms with Crippen molar-refractivity contribution in [2.75, 3.05) is 7.05 Å². The third kappa shape index (κ3) is 2.39. The molecule has 90 valence electrons. The Morgan fingerprint density at radius 3 is 3.12 bits per heavy atom. The molecule has 0 aromatic carbocycles. The third-order valence-electron chi connectivity index (χ3n) is 2.54. The Hall–Kier alpha value is -1.62. The molecule has 2 rings (SSSR count). The average molecular weight is 253 g/mol. The topological polar surface area (TPSA) is 59.8 Å². The molecule has 0 radical (unpaired) electrons. The molecule has 1 amide bonds. The van der Waals surface area contributed by atoms with Crippen LogP contribution < -0.4 is 5.32 Å². The molecule has 0 aliphatic carbocycles. The molecule has 6 heteroatoms. The predicted molar refractivity (Wildman–Crippen MR) is 65.8 cm³/mol. The minimum Gasteiger partial charge on any atom is -0.359 e. The van der Waals surface area contributed by atoms with E-state index in [4.69, 9.17) is 11.6 Å². The minimum absolute atomic E-state index is 0.0108. The number of hydrogen-bond acceptors (Lipinski definition) is 3. The number of nitrogens with zero attached hydrogens (tertiary/aromatic N) is 3. The first-order valence-corrected chi connectivity index (χ1v) is 5.86. The number of alkyl halides is 1. The molecule has 2 heterocycles. The first-order valence-electron chi connectivity index (χ1n) is 5.33. The first kappa shape index (κ1) is 11.9. The van der Waals surface area contributed by atoms with E-state index in [0.29, 0.717) is 18.8 Å². The van der Waals surface area contributed by atoms with E-state index in [0.717, 1.165) is 17.0 Å². The van der Waals surface area contributed by atoms with E-state index in [9.17, 15) is 4.79 Å². The fraction of sp³-hybridized carbons (Fsp3) is 0.364. The van der Waals surface area contributed by atoms with Crippen LogP contribution in [0.4, 0.5) is 0 Å². The first-order chi connectivity index (χ1) is 8.26. The quantitative estimate of drug-likeness (QED) is 0.835. The van der Waals surface area contributed by atoms with Gasteiger partial charge in [-0.15, -0.1) is 11.6 Å². The number of fused-ring (bicyclic) bond motifs is 1. The van der Waals surface area contributed by atoms with Crippen molar-refractivity contribution in [1.29, 1.82) is 0 Å². The molecule has 0 saturated heterocycles. The van der Waals surface area contributed by atoms with E-state index in [1.165, 1.54) is 0 Å². The molecular formula is C11H13ClN4O. The Balaban J connectivity index is 2.33. The number of imidazole rings is 1. The number of aryl methyl sites for hydroxylation is 1. The fourth-order valence-corrected chi connectivity index (χ4v) is 1.88. The molecule has 0 saturated carbocycles. The second-order valence-corrected chi connectivity index (χ2v) is 3.85. The second kappa shape index (κ2) is 5.14. The van der Waals surface area contributed by atoms with Crippen molar-refractivity contribution in [2.45, 2.75) is 18.8 Å². The second-order valence-electron chi connectivity index (χ2n) is 3.58. The molecule has 0 fully saturated rings.